The Morgan fingerprint density at radius 2 is 1.88 bits per heavy atom. The molecule has 1 fully saturated rings. The Morgan fingerprint density at radius 3 is 2.58 bits per heavy atom. The van der Waals surface area contributed by atoms with Crippen molar-refractivity contribution in [1.29, 1.82) is 0 Å². The maximum absolute atomic E-state index is 13.1. The number of hydrogen-bond acceptors (Lipinski definition) is 4. The highest BCUT2D eigenvalue weighted by Gasteiger charge is 2.14. The molecule has 1 aromatic heterocycles. The topological polar surface area (TPSA) is 57.3 Å². The van der Waals surface area contributed by atoms with Gasteiger partial charge in [-0.3, -0.25) is 4.79 Å². The molecule has 1 saturated heterocycles. The van der Waals surface area contributed by atoms with Crippen molar-refractivity contribution in [3.8, 4) is 0 Å². The second-order valence-electron chi connectivity index (χ2n) is 6.56. The van der Waals surface area contributed by atoms with Crippen molar-refractivity contribution < 1.29 is 9.18 Å². The molecule has 1 aromatic carbocycles. The number of nitrogens with zero attached hydrogens (tertiary/aromatic N) is 2. The zero-order chi connectivity index (χ0) is 18.4. The third-order valence-electron chi connectivity index (χ3n) is 4.66. The molecule has 1 amide bonds. The van der Waals surface area contributed by atoms with Crippen molar-refractivity contribution in [2.45, 2.75) is 19.3 Å². The highest BCUT2D eigenvalue weighted by atomic mass is 19.1. The van der Waals surface area contributed by atoms with Crippen LogP contribution in [0.25, 0.3) is 0 Å². The molecule has 26 heavy (non-hydrogen) atoms. The Balaban J connectivity index is 1.70. The summed E-state index contributed by atoms with van der Waals surface area (Å²) in [5.74, 6) is 0.215. The van der Waals surface area contributed by atoms with Crippen LogP contribution in [0.4, 0.5) is 10.2 Å². The zero-order valence-electron chi connectivity index (χ0n) is 15.1. The average Bonchev–Trinajstić information content (AvgIpc) is 3.17. The van der Waals surface area contributed by atoms with Gasteiger partial charge in [-0.1, -0.05) is 18.2 Å². The van der Waals surface area contributed by atoms with E-state index in [1.807, 2.05) is 12.1 Å². The maximum atomic E-state index is 13.1. The van der Waals surface area contributed by atoms with Gasteiger partial charge in [-0.05, 0) is 61.7 Å². The molecule has 2 aromatic rings. The number of amides is 1. The smallest absolute Gasteiger partial charge is 0.270 e. The van der Waals surface area contributed by atoms with Crippen molar-refractivity contribution in [3.05, 3.63) is 59.0 Å². The van der Waals surface area contributed by atoms with Gasteiger partial charge in [0.1, 0.15) is 17.3 Å². The monoisotopic (exact) mass is 356 g/mol. The minimum absolute atomic E-state index is 0.217. The van der Waals surface area contributed by atoms with Gasteiger partial charge in [-0.2, -0.15) is 0 Å². The Kier molecular flexibility index (Phi) is 6.17. The average molecular weight is 356 g/mol. The quantitative estimate of drug-likeness (QED) is 0.801. The van der Waals surface area contributed by atoms with Crippen LogP contribution < -0.4 is 10.6 Å². The number of benzene rings is 1. The van der Waals surface area contributed by atoms with E-state index in [9.17, 15) is 9.18 Å². The molecule has 1 aliphatic rings. The van der Waals surface area contributed by atoms with E-state index in [2.05, 4.69) is 20.5 Å². The number of nitrogens with one attached hydrogen (secondary N) is 2. The Morgan fingerprint density at radius 1 is 1.15 bits per heavy atom. The largest absolute Gasteiger partial charge is 0.369 e. The predicted octanol–water partition coefficient (Wildman–Crippen LogP) is 2.68. The first-order valence-electron chi connectivity index (χ1n) is 9.08. The highest BCUT2D eigenvalue weighted by Crippen LogP contribution is 2.17. The van der Waals surface area contributed by atoms with Gasteiger partial charge in [0.05, 0.1) is 0 Å². The first kappa shape index (κ1) is 18.3. The molecule has 0 unspecified atom stereocenters. The van der Waals surface area contributed by atoms with Crippen LogP contribution in [0.3, 0.4) is 0 Å². The van der Waals surface area contributed by atoms with Crippen LogP contribution in [0.2, 0.25) is 0 Å². The SMILES string of the molecule is CNC(=O)c1nc(NCCN2CCCC2)ccc1Cc1ccc(F)cc1. The van der Waals surface area contributed by atoms with Crippen LogP contribution in [-0.4, -0.2) is 49.0 Å². The summed E-state index contributed by atoms with van der Waals surface area (Å²) in [5, 5.41) is 5.95. The summed E-state index contributed by atoms with van der Waals surface area (Å²) < 4.78 is 13.1. The van der Waals surface area contributed by atoms with E-state index >= 15 is 0 Å². The fourth-order valence-corrected chi connectivity index (χ4v) is 3.21. The maximum Gasteiger partial charge on any atom is 0.270 e. The number of aromatic nitrogens is 1. The van der Waals surface area contributed by atoms with Gasteiger partial charge < -0.3 is 15.5 Å². The number of rotatable bonds is 7. The first-order valence-corrected chi connectivity index (χ1v) is 9.08. The van der Waals surface area contributed by atoms with E-state index in [1.54, 1.807) is 19.2 Å². The van der Waals surface area contributed by atoms with Crippen molar-refractivity contribution in [2.75, 3.05) is 38.5 Å². The molecule has 2 heterocycles. The third-order valence-corrected chi connectivity index (χ3v) is 4.66. The molecule has 1 aliphatic heterocycles. The lowest BCUT2D eigenvalue weighted by atomic mass is 10.0. The number of carbonyl (C=O) groups is 1. The van der Waals surface area contributed by atoms with Gasteiger partial charge in [-0.25, -0.2) is 9.37 Å². The van der Waals surface area contributed by atoms with Gasteiger partial charge in [0.2, 0.25) is 0 Å². The molecule has 138 valence electrons. The summed E-state index contributed by atoms with van der Waals surface area (Å²) in [7, 11) is 1.60. The van der Waals surface area contributed by atoms with Gasteiger partial charge in [0, 0.05) is 20.1 Å². The summed E-state index contributed by atoms with van der Waals surface area (Å²) in [6.07, 6.45) is 3.08. The molecule has 3 rings (SSSR count). The zero-order valence-corrected chi connectivity index (χ0v) is 15.1. The number of hydrogen-bond donors (Lipinski definition) is 2. The molecule has 0 atom stereocenters. The Bertz CT molecular complexity index is 742. The summed E-state index contributed by atoms with van der Waals surface area (Å²) in [5.41, 5.74) is 2.16. The highest BCUT2D eigenvalue weighted by molar-refractivity contribution is 5.94. The molecule has 0 bridgehead atoms. The fraction of sp³-hybridized carbons (Fsp3) is 0.400. The number of halogens is 1. The first-order chi connectivity index (χ1) is 12.7. The molecule has 0 saturated carbocycles. The molecule has 5 nitrogen and oxygen atoms in total. The number of anilines is 1. The summed E-state index contributed by atoms with van der Waals surface area (Å²) in [4.78, 5) is 19.2. The molecule has 0 aliphatic carbocycles. The summed E-state index contributed by atoms with van der Waals surface area (Å²) in [6.45, 7) is 4.11. The predicted molar refractivity (Wildman–Crippen MR) is 101 cm³/mol. The second kappa shape index (κ2) is 8.76. The molecular formula is C20H25FN4O. The standard InChI is InChI=1S/C20H25FN4O/c1-22-20(26)19-16(14-15-4-7-17(21)8-5-15)6-9-18(24-19)23-10-13-25-11-2-3-12-25/h4-9H,2-3,10-14H2,1H3,(H,22,26)(H,23,24). The number of pyridine rings is 1. The van der Waals surface area contributed by atoms with E-state index in [1.165, 1.54) is 25.0 Å². The van der Waals surface area contributed by atoms with E-state index in [0.717, 1.165) is 37.3 Å². The van der Waals surface area contributed by atoms with E-state index < -0.39 is 0 Å². The van der Waals surface area contributed by atoms with Gasteiger partial charge in [-0.15, -0.1) is 0 Å². The Labute approximate surface area is 153 Å². The lowest BCUT2D eigenvalue weighted by molar-refractivity contribution is 0.0957. The molecule has 0 radical (unpaired) electrons. The van der Waals surface area contributed by atoms with Gasteiger partial charge in [0.25, 0.3) is 5.91 Å². The normalized spacial score (nSPS) is 14.4. The second-order valence-corrected chi connectivity index (χ2v) is 6.56. The summed E-state index contributed by atoms with van der Waals surface area (Å²) >= 11 is 0. The van der Waals surface area contributed by atoms with Crippen LogP contribution in [0, 0.1) is 5.82 Å². The van der Waals surface area contributed by atoms with Crippen LogP contribution in [-0.2, 0) is 6.42 Å². The lowest BCUT2D eigenvalue weighted by Gasteiger charge is -2.16. The molecular weight excluding hydrogens is 331 g/mol. The molecule has 2 N–H and O–H groups in total. The molecule has 0 spiro atoms. The van der Waals surface area contributed by atoms with E-state index in [0.29, 0.717) is 17.9 Å². The Hall–Kier alpha value is -2.47. The van der Waals surface area contributed by atoms with E-state index in [-0.39, 0.29) is 11.7 Å². The van der Waals surface area contributed by atoms with Crippen molar-refractivity contribution in [3.63, 3.8) is 0 Å². The fourth-order valence-electron chi connectivity index (χ4n) is 3.21. The van der Waals surface area contributed by atoms with Gasteiger partial charge >= 0.3 is 0 Å². The van der Waals surface area contributed by atoms with E-state index in [4.69, 9.17) is 0 Å². The van der Waals surface area contributed by atoms with Crippen molar-refractivity contribution in [2.24, 2.45) is 0 Å². The van der Waals surface area contributed by atoms with Crippen molar-refractivity contribution in [1.82, 2.24) is 15.2 Å². The lowest BCUT2D eigenvalue weighted by Crippen LogP contribution is -2.26. The summed E-state index contributed by atoms with van der Waals surface area (Å²) in [6, 6.07) is 10.1. The van der Waals surface area contributed by atoms with Crippen molar-refractivity contribution >= 4 is 11.7 Å². The van der Waals surface area contributed by atoms with Crippen LogP contribution in [0.15, 0.2) is 36.4 Å². The minimum atomic E-state index is -0.268. The number of likely N-dealkylation sites (tertiary alicyclic amines) is 1. The van der Waals surface area contributed by atoms with Gasteiger partial charge in [0.15, 0.2) is 0 Å². The molecule has 6 heteroatoms. The van der Waals surface area contributed by atoms with Crippen LogP contribution in [0.5, 0.6) is 0 Å². The van der Waals surface area contributed by atoms with Crippen LogP contribution in [0.1, 0.15) is 34.5 Å². The van der Waals surface area contributed by atoms with Crippen LogP contribution >= 0.6 is 0 Å². The number of carbonyl (C=O) groups excluding carboxylic acids is 1. The minimum Gasteiger partial charge on any atom is -0.369 e. The third kappa shape index (κ3) is 4.79.